The number of methoxy groups -OCH3 is 1. The Kier molecular flexibility index (Phi) is 8.64. The predicted octanol–water partition coefficient (Wildman–Crippen LogP) is 2.72. The third kappa shape index (κ3) is 7.36. The number of aliphatic imine (C=N–C) groups is 1. The van der Waals surface area contributed by atoms with Gasteiger partial charge >= 0.3 is 0 Å². The number of guanidine groups is 1. The van der Waals surface area contributed by atoms with Crippen LogP contribution in [-0.4, -0.2) is 55.7 Å². The van der Waals surface area contributed by atoms with Gasteiger partial charge in [0.1, 0.15) is 18.5 Å². The van der Waals surface area contributed by atoms with Crippen molar-refractivity contribution in [2.45, 2.75) is 102 Å². The van der Waals surface area contributed by atoms with Crippen molar-refractivity contribution in [2.75, 3.05) is 13.7 Å². The second kappa shape index (κ2) is 11.0. The second-order valence-electron chi connectivity index (χ2n) is 10.0. The molecule has 0 aromatic carbocycles. The lowest BCUT2D eigenvalue weighted by atomic mass is 9.82. The third-order valence-corrected chi connectivity index (χ3v) is 6.70. The van der Waals surface area contributed by atoms with Crippen LogP contribution in [0.4, 0.5) is 8.78 Å². The maximum absolute atomic E-state index is 13.5. The van der Waals surface area contributed by atoms with Crippen LogP contribution in [0, 0.1) is 11.8 Å². The Balaban J connectivity index is 1.62. The molecule has 4 N–H and O–H groups in total. The Hall–Kier alpha value is -1.32. The molecule has 3 aliphatic rings. The molecular weight excluding hydrogens is 404 g/mol. The molecule has 1 heterocycles. The van der Waals surface area contributed by atoms with E-state index >= 15 is 0 Å². The molecule has 1 saturated heterocycles. The molecule has 1 aliphatic heterocycles. The molecule has 0 radical (unpaired) electrons. The van der Waals surface area contributed by atoms with E-state index in [4.69, 9.17) is 9.73 Å². The van der Waals surface area contributed by atoms with Gasteiger partial charge in [-0.3, -0.25) is 15.5 Å². The molecule has 2 atom stereocenters. The van der Waals surface area contributed by atoms with Gasteiger partial charge in [-0.05, 0) is 71.1 Å². The van der Waals surface area contributed by atoms with Gasteiger partial charge in [-0.25, -0.2) is 19.2 Å². The van der Waals surface area contributed by atoms with Crippen molar-refractivity contribution in [3.63, 3.8) is 0 Å². The first kappa shape index (κ1) is 24.3. The van der Waals surface area contributed by atoms with Gasteiger partial charge in [-0.1, -0.05) is 0 Å². The summed E-state index contributed by atoms with van der Waals surface area (Å²) in [5, 5.41) is 6.25. The molecule has 9 heteroatoms. The highest BCUT2D eigenvalue weighted by Crippen LogP contribution is 2.31. The Morgan fingerprint density at radius 3 is 2.26 bits per heavy atom. The molecule has 3 fully saturated rings. The zero-order valence-electron chi connectivity index (χ0n) is 19.1. The van der Waals surface area contributed by atoms with Crippen molar-refractivity contribution in [3.05, 3.63) is 0 Å². The minimum atomic E-state index is -0.797. The van der Waals surface area contributed by atoms with E-state index in [-0.39, 0.29) is 24.0 Å². The molecule has 7 nitrogen and oxygen atoms in total. The normalized spacial score (nSPS) is 35.1. The molecule has 2 saturated carbocycles. The average molecular weight is 444 g/mol. The van der Waals surface area contributed by atoms with Crippen molar-refractivity contribution >= 4 is 11.9 Å². The van der Waals surface area contributed by atoms with E-state index in [0.717, 1.165) is 19.3 Å². The van der Waals surface area contributed by atoms with Crippen LogP contribution < -0.4 is 21.5 Å². The van der Waals surface area contributed by atoms with E-state index in [1.807, 2.05) is 13.8 Å². The summed E-state index contributed by atoms with van der Waals surface area (Å²) in [4.78, 5) is 17.6. The minimum absolute atomic E-state index is 0.116. The van der Waals surface area contributed by atoms with Gasteiger partial charge < -0.3 is 10.1 Å². The SMILES string of the molecule is COCC(C)(C)N/C(=N\C1CC(C2CCC(F)CC2)NN1)NC(=O)C1CCC(F)CC1. The first-order chi connectivity index (χ1) is 14.8. The van der Waals surface area contributed by atoms with Crippen molar-refractivity contribution in [3.8, 4) is 0 Å². The van der Waals surface area contributed by atoms with E-state index < -0.39 is 17.9 Å². The second-order valence-corrected chi connectivity index (χ2v) is 10.0. The molecule has 3 rings (SSSR count). The Morgan fingerprint density at radius 1 is 1.03 bits per heavy atom. The quantitative estimate of drug-likeness (QED) is 0.375. The van der Waals surface area contributed by atoms with Crippen LogP contribution in [0.5, 0.6) is 0 Å². The van der Waals surface area contributed by atoms with E-state index in [0.29, 0.717) is 57.0 Å². The number of rotatable bonds is 6. The maximum Gasteiger partial charge on any atom is 0.229 e. The molecule has 31 heavy (non-hydrogen) atoms. The smallest absolute Gasteiger partial charge is 0.229 e. The van der Waals surface area contributed by atoms with Crippen molar-refractivity contribution in [1.82, 2.24) is 21.5 Å². The number of carbonyl (C=O) groups excluding carboxylic acids is 1. The van der Waals surface area contributed by atoms with Crippen LogP contribution >= 0.6 is 0 Å². The summed E-state index contributed by atoms with van der Waals surface area (Å²) in [6, 6.07) is 0.241. The van der Waals surface area contributed by atoms with E-state index in [1.54, 1.807) is 7.11 Å². The monoisotopic (exact) mass is 443 g/mol. The first-order valence-electron chi connectivity index (χ1n) is 11.7. The Bertz CT molecular complexity index is 617. The number of nitrogens with one attached hydrogen (secondary N) is 4. The number of nitrogens with zero attached hydrogens (tertiary/aromatic N) is 1. The molecule has 2 unspecified atom stereocenters. The molecular formula is C22H39F2N5O2. The molecule has 178 valence electrons. The highest BCUT2D eigenvalue weighted by atomic mass is 19.1. The van der Waals surface area contributed by atoms with Crippen molar-refractivity contribution in [2.24, 2.45) is 16.8 Å². The Labute approximate surface area is 184 Å². The molecule has 1 amide bonds. The highest BCUT2D eigenvalue weighted by Gasteiger charge is 2.34. The lowest BCUT2D eigenvalue weighted by Crippen LogP contribution is -2.54. The van der Waals surface area contributed by atoms with Crippen LogP contribution in [0.25, 0.3) is 0 Å². The summed E-state index contributed by atoms with van der Waals surface area (Å²) in [5.41, 5.74) is 6.11. The zero-order chi connectivity index (χ0) is 22.4. The predicted molar refractivity (Wildman–Crippen MR) is 117 cm³/mol. The summed E-state index contributed by atoms with van der Waals surface area (Å²) in [6.45, 7) is 4.40. The summed E-state index contributed by atoms with van der Waals surface area (Å²) in [6.07, 6.45) is 4.14. The molecule has 0 spiro atoms. The van der Waals surface area contributed by atoms with Crippen LogP contribution in [0.3, 0.4) is 0 Å². The van der Waals surface area contributed by atoms with Gasteiger partial charge in [0.25, 0.3) is 0 Å². The summed E-state index contributed by atoms with van der Waals surface area (Å²) < 4.78 is 32.2. The van der Waals surface area contributed by atoms with Gasteiger partial charge in [0, 0.05) is 25.5 Å². The standard InChI is InChI=1S/C22H39F2N5O2/c1-22(2,13-31-3)27-21(26-20(30)15-6-10-17(24)11-7-15)25-19-12-18(28-29-19)14-4-8-16(23)9-5-14/h14-19,28-29H,4-13H2,1-3H3,(H2,25,26,27,30). The summed E-state index contributed by atoms with van der Waals surface area (Å²) in [7, 11) is 1.63. The number of halogens is 2. The number of carbonyl (C=O) groups is 1. The summed E-state index contributed by atoms with van der Waals surface area (Å²) >= 11 is 0. The number of hydrogen-bond acceptors (Lipinski definition) is 5. The van der Waals surface area contributed by atoms with E-state index in [2.05, 4.69) is 21.5 Å². The average Bonchev–Trinajstić information content (AvgIpc) is 3.17. The molecule has 2 aliphatic carbocycles. The van der Waals surface area contributed by atoms with E-state index in [1.165, 1.54) is 0 Å². The fourth-order valence-electron chi connectivity index (χ4n) is 4.94. The lowest BCUT2D eigenvalue weighted by molar-refractivity contribution is -0.124. The van der Waals surface area contributed by atoms with E-state index in [9.17, 15) is 13.6 Å². The van der Waals surface area contributed by atoms with Crippen LogP contribution in [-0.2, 0) is 9.53 Å². The van der Waals surface area contributed by atoms with Crippen molar-refractivity contribution in [1.29, 1.82) is 0 Å². The van der Waals surface area contributed by atoms with Gasteiger partial charge in [-0.2, -0.15) is 0 Å². The van der Waals surface area contributed by atoms with Gasteiger partial charge in [0.15, 0.2) is 5.96 Å². The first-order valence-corrected chi connectivity index (χ1v) is 11.7. The number of hydrazine groups is 1. The molecule has 0 aromatic rings. The van der Waals surface area contributed by atoms with Crippen LogP contribution in [0.1, 0.15) is 71.6 Å². The molecule has 0 aromatic heterocycles. The van der Waals surface area contributed by atoms with Gasteiger partial charge in [-0.15, -0.1) is 0 Å². The lowest BCUT2D eigenvalue weighted by Gasteiger charge is -2.29. The topological polar surface area (TPSA) is 86.8 Å². The van der Waals surface area contributed by atoms with Crippen LogP contribution in [0.15, 0.2) is 4.99 Å². The molecule has 0 bridgehead atoms. The highest BCUT2D eigenvalue weighted by molar-refractivity contribution is 5.98. The van der Waals surface area contributed by atoms with Gasteiger partial charge in [0.2, 0.25) is 5.91 Å². The number of hydrogen-bond donors (Lipinski definition) is 4. The number of alkyl halides is 2. The number of amides is 1. The fraction of sp³-hybridized carbons (Fsp3) is 0.909. The third-order valence-electron chi connectivity index (χ3n) is 6.70. The number of ether oxygens (including phenoxy) is 1. The maximum atomic E-state index is 13.5. The van der Waals surface area contributed by atoms with Crippen LogP contribution in [0.2, 0.25) is 0 Å². The largest absolute Gasteiger partial charge is 0.382 e. The summed E-state index contributed by atoms with van der Waals surface area (Å²) in [5.74, 6) is 0.534. The minimum Gasteiger partial charge on any atom is -0.382 e. The Morgan fingerprint density at radius 2 is 1.65 bits per heavy atom. The van der Waals surface area contributed by atoms with Crippen molar-refractivity contribution < 1.29 is 18.3 Å². The fourth-order valence-corrected chi connectivity index (χ4v) is 4.94. The van der Waals surface area contributed by atoms with Gasteiger partial charge in [0.05, 0.1) is 12.1 Å². The zero-order valence-corrected chi connectivity index (χ0v) is 19.1.